The van der Waals surface area contributed by atoms with Crippen molar-refractivity contribution in [1.82, 2.24) is 10.2 Å². The van der Waals surface area contributed by atoms with Crippen LogP contribution in [0.3, 0.4) is 0 Å². The average Bonchev–Trinajstić information content (AvgIpc) is 2.63. The van der Waals surface area contributed by atoms with Gasteiger partial charge < -0.3 is 5.32 Å². The highest BCUT2D eigenvalue weighted by molar-refractivity contribution is 5.78. The van der Waals surface area contributed by atoms with Gasteiger partial charge in [-0.3, -0.25) is 9.69 Å². The number of likely N-dealkylation sites (tertiary alicyclic amines) is 1. The standard InChI is InChI=1S/C21H25FN2O/c1-16-4-6-17(7-5-16)13-23-21(25)19-3-2-12-24(15-19)14-18-8-10-20(22)11-9-18/h4-11,19H,2-3,12-15H2,1H3,(H,23,25)/t19-/m1/s1. The van der Waals surface area contributed by atoms with Gasteiger partial charge in [0.25, 0.3) is 0 Å². The summed E-state index contributed by atoms with van der Waals surface area (Å²) in [5, 5.41) is 3.06. The van der Waals surface area contributed by atoms with E-state index in [4.69, 9.17) is 0 Å². The molecule has 3 nitrogen and oxygen atoms in total. The molecule has 25 heavy (non-hydrogen) atoms. The summed E-state index contributed by atoms with van der Waals surface area (Å²) in [6, 6.07) is 14.8. The molecule has 1 atom stereocenters. The summed E-state index contributed by atoms with van der Waals surface area (Å²) < 4.78 is 13.0. The van der Waals surface area contributed by atoms with Crippen LogP contribution in [-0.2, 0) is 17.9 Å². The number of nitrogens with one attached hydrogen (secondary N) is 1. The largest absolute Gasteiger partial charge is 0.352 e. The van der Waals surface area contributed by atoms with E-state index in [1.807, 2.05) is 12.1 Å². The third-order valence-corrected chi connectivity index (χ3v) is 4.78. The smallest absolute Gasteiger partial charge is 0.224 e. The molecule has 1 fully saturated rings. The topological polar surface area (TPSA) is 32.3 Å². The van der Waals surface area contributed by atoms with E-state index in [9.17, 15) is 9.18 Å². The Kier molecular flexibility index (Phi) is 5.82. The zero-order valence-corrected chi connectivity index (χ0v) is 14.7. The maximum atomic E-state index is 13.0. The summed E-state index contributed by atoms with van der Waals surface area (Å²) in [5.74, 6) is -0.0558. The molecule has 1 amide bonds. The predicted octanol–water partition coefficient (Wildman–Crippen LogP) is 3.66. The van der Waals surface area contributed by atoms with Crippen LogP contribution in [0.15, 0.2) is 48.5 Å². The minimum Gasteiger partial charge on any atom is -0.352 e. The van der Waals surface area contributed by atoms with E-state index in [0.717, 1.165) is 43.6 Å². The van der Waals surface area contributed by atoms with Gasteiger partial charge >= 0.3 is 0 Å². The van der Waals surface area contributed by atoms with Crippen LogP contribution < -0.4 is 5.32 Å². The van der Waals surface area contributed by atoms with E-state index in [1.165, 1.54) is 17.7 Å². The van der Waals surface area contributed by atoms with Crippen molar-refractivity contribution in [3.05, 3.63) is 71.0 Å². The fraction of sp³-hybridized carbons (Fsp3) is 0.381. The van der Waals surface area contributed by atoms with Gasteiger partial charge in [-0.25, -0.2) is 4.39 Å². The summed E-state index contributed by atoms with van der Waals surface area (Å²) in [6.45, 7) is 5.14. The number of benzene rings is 2. The molecule has 1 N–H and O–H groups in total. The molecule has 4 heteroatoms. The normalized spacial score (nSPS) is 18.1. The molecule has 1 saturated heterocycles. The van der Waals surface area contributed by atoms with Gasteiger partial charge in [-0.1, -0.05) is 42.0 Å². The first-order chi connectivity index (χ1) is 12.1. The van der Waals surface area contributed by atoms with Gasteiger partial charge in [0.15, 0.2) is 0 Å². The van der Waals surface area contributed by atoms with Gasteiger partial charge in [0, 0.05) is 19.6 Å². The lowest BCUT2D eigenvalue weighted by atomic mass is 9.96. The van der Waals surface area contributed by atoms with E-state index < -0.39 is 0 Å². The van der Waals surface area contributed by atoms with Gasteiger partial charge in [0.2, 0.25) is 5.91 Å². The van der Waals surface area contributed by atoms with Crippen LogP contribution in [0.4, 0.5) is 4.39 Å². The van der Waals surface area contributed by atoms with Gasteiger partial charge in [-0.15, -0.1) is 0 Å². The van der Waals surface area contributed by atoms with E-state index in [1.54, 1.807) is 0 Å². The highest BCUT2D eigenvalue weighted by atomic mass is 19.1. The number of hydrogen-bond donors (Lipinski definition) is 1. The van der Waals surface area contributed by atoms with Crippen molar-refractivity contribution in [3.63, 3.8) is 0 Å². The second-order valence-electron chi connectivity index (χ2n) is 6.90. The summed E-state index contributed by atoms with van der Waals surface area (Å²) in [6.07, 6.45) is 1.95. The van der Waals surface area contributed by atoms with Crippen LogP contribution >= 0.6 is 0 Å². The highest BCUT2D eigenvalue weighted by Crippen LogP contribution is 2.19. The van der Waals surface area contributed by atoms with Crippen molar-refractivity contribution in [2.45, 2.75) is 32.9 Å². The Balaban J connectivity index is 1.50. The van der Waals surface area contributed by atoms with Crippen LogP contribution in [0, 0.1) is 18.7 Å². The average molecular weight is 340 g/mol. The number of nitrogens with zero attached hydrogens (tertiary/aromatic N) is 1. The molecule has 1 heterocycles. The van der Waals surface area contributed by atoms with Crippen LogP contribution in [0.25, 0.3) is 0 Å². The van der Waals surface area contributed by atoms with Crippen molar-refractivity contribution in [2.75, 3.05) is 13.1 Å². The number of amides is 1. The molecule has 0 aromatic heterocycles. The van der Waals surface area contributed by atoms with Gasteiger partial charge in [-0.2, -0.15) is 0 Å². The molecule has 0 saturated carbocycles. The lowest BCUT2D eigenvalue weighted by molar-refractivity contribution is -0.126. The number of aryl methyl sites for hydroxylation is 1. The van der Waals surface area contributed by atoms with E-state index in [2.05, 4.69) is 41.4 Å². The summed E-state index contributed by atoms with van der Waals surface area (Å²) in [4.78, 5) is 14.8. The quantitative estimate of drug-likeness (QED) is 0.901. The van der Waals surface area contributed by atoms with Crippen molar-refractivity contribution in [3.8, 4) is 0 Å². The lowest BCUT2D eigenvalue weighted by Crippen LogP contribution is -2.42. The Morgan fingerprint density at radius 3 is 2.52 bits per heavy atom. The number of rotatable bonds is 5. The molecule has 2 aromatic carbocycles. The van der Waals surface area contributed by atoms with Crippen LogP contribution in [0.1, 0.15) is 29.5 Å². The fourth-order valence-electron chi connectivity index (χ4n) is 3.30. The molecule has 0 radical (unpaired) electrons. The third-order valence-electron chi connectivity index (χ3n) is 4.78. The maximum Gasteiger partial charge on any atom is 0.224 e. The summed E-state index contributed by atoms with van der Waals surface area (Å²) >= 11 is 0. The van der Waals surface area contributed by atoms with Crippen LogP contribution in [-0.4, -0.2) is 23.9 Å². The van der Waals surface area contributed by atoms with Gasteiger partial charge in [-0.05, 0) is 49.6 Å². The monoisotopic (exact) mass is 340 g/mol. The van der Waals surface area contributed by atoms with E-state index in [0.29, 0.717) is 6.54 Å². The first-order valence-corrected chi connectivity index (χ1v) is 8.90. The van der Waals surface area contributed by atoms with Crippen molar-refractivity contribution in [2.24, 2.45) is 5.92 Å². The molecule has 0 aliphatic carbocycles. The van der Waals surface area contributed by atoms with Crippen molar-refractivity contribution in [1.29, 1.82) is 0 Å². The Bertz CT molecular complexity index is 697. The first kappa shape index (κ1) is 17.6. The van der Waals surface area contributed by atoms with Crippen molar-refractivity contribution < 1.29 is 9.18 Å². The molecule has 0 unspecified atom stereocenters. The highest BCUT2D eigenvalue weighted by Gasteiger charge is 2.25. The molecule has 132 valence electrons. The minimum atomic E-state index is -0.212. The SMILES string of the molecule is Cc1ccc(CNC(=O)[C@@H]2CCCN(Cc3ccc(F)cc3)C2)cc1. The van der Waals surface area contributed by atoms with E-state index >= 15 is 0 Å². The Hall–Kier alpha value is -2.20. The lowest BCUT2D eigenvalue weighted by Gasteiger charge is -2.32. The molecular formula is C21H25FN2O. The van der Waals surface area contributed by atoms with Crippen molar-refractivity contribution >= 4 is 5.91 Å². The second-order valence-corrected chi connectivity index (χ2v) is 6.90. The summed E-state index contributed by atoms with van der Waals surface area (Å²) in [7, 11) is 0. The second kappa shape index (κ2) is 8.26. The number of piperidine rings is 1. The molecule has 0 spiro atoms. The molecule has 0 bridgehead atoms. The number of carbonyl (C=O) groups is 1. The number of hydrogen-bond acceptors (Lipinski definition) is 2. The Morgan fingerprint density at radius 1 is 1.12 bits per heavy atom. The molecular weight excluding hydrogens is 315 g/mol. The Labute approximate surface area is 148 Å². The third kappa shape index (κ3) is 5.13. The van der Waals surface area contributed by atoms with Gasteiger partial charge in [0.1, 0.15) is 5.82 Å². The van der Waals surface area contributed by atoms with Gasteiger partial charge in [0.05, 0.1) is 5.92 Å². The fourth-order valence-corrected chi connectivity index (χ4v) is 3.30. The predicted molar refractivity (Wildman–Crippen MR) is 97.4 cm³/mol. The molecule has 1 aliphatic heterocycles. The molecule has 1 aliphatic rings. The zero-order valence-electron chi connectivity index (χ0n) is 14.7. The maximum absolute atomic E-state index is 13.0. The van der Waals surface area contributed by atoms with Crippen LogP contribution in [0.5, 0.6) is 0 Å². The number of carbonyl (C=O) groups excluding carboxylic acids is 1. The Morgan fingerprint density at radius 2 is 1.80 bits per heavy atom. The zero-order chi connectivity index (χ0) is 17.6. The minimum absolute atomic E-state index is 0.0275. The van der Waals surface area contributed by atoms with E-state index in [-0.39, 0.29) is 17.6 Å². The molecule has 3 rings (SSSR count). The molecule has 2 aromatic rings. The number of halogens is 1. The van der Waals surface area contributed by atoms with Crippen LogP contribution in [0.2, 0.25) is 0 Å². The summed E-state index contributed by atoms with van der Waals surface area (Å²) in [5.41, 5.74) is 3.43. The first-order valence-electron chi connectivity index (χ1n) is 8.90.